The highest BCUT2D eigenvalue weighted by Crippen LogP contribution is 2.30. The van der Waals surface area contributed by atoms with E-state index in [1.807, 2.05) is 18.2 Å². The van der Waals surface area contributed by atoms with Crippen LogP contribution in [0.25, 0.3) is 0 Å². The minimum Gasteiger partial charge on any atom is -0.489 e. The summed E-state index contributed by atoms with van der Waals surface area (Å²) in [5.74, 6) is -0.633. The van der Waals surface area contributed by atoms with E-state index in [0.29, 0.717) is 11.5 Å². The van der Waals surface area contributed by atoms with E-state index in [4.69, 9.17) is 4.74 Å². The third-order valence-corrected chi connectivity index (χ3v) is 3.47. The number of halogens is 3. The predicted octanol–water partition coefficient (Wildman–Crippen LogP) is 5.43. The first-order chi connectivity index (χ1) is 9.47. The second kappa shape index (κ2) is 6.35. The van der Waals surface area contributed by atoms with Crippen LogP contribution in [0.5, 0.6) is 5.75 Å². The number of hydrogen-bond acceptors (Lipinski definition) is 1. The van der Waals surface area contributed by atoms with Gasteiger partial charge in [-0.3, -0.25) is 0 Å². The molecule has 0 saturated heterocycles. The fourth-order valence-electron chi connectivity index (χ4n) is 1.89. The summed E-state index contributed by atoms with van der Waals surface area (Å²) in [4.78, 5) is 0. The first-order valence-corrected chi connectivity index (χ1v) is 7.13. The number of hydrogen-bond donors (Lipinski definition) is 0. The van der Waals surface area contributed by atoms with Crippen molar-refractivity contribution in [1.82, 2.24) is 0 Å². The molecular weight excluding hydrogens is 326 g/mol. The average Bonchev–Trinajstić information content (AvgIpc) is 2.41. The highest BCUT2D eigenvalue weighted by molar-refractivity contribution is 9.10. The highest BCUT2D eigenvalue weighted by atomic mass is 79.9. The summed E-state index contributed by atoms with van der Waals surface area (Å²) < 4.78 is 32.7. The van der Waals surface area contributed by atoms with E-state index in [0.717, 1.165) is 27.9 Å². The van der Waals surface area contributed by atoms with Gasteiger partial charge in [0.2, 0.25) is 0 Å². The normalized spacial score (nSPS) is 10.9. The number of rotatable bonds is 4. The molecule has 0 radical (unpaired) electrons. The summed E-state index contributed by atoms with van der Waals surface area (Å²) in [6, 6.07) is 9.56. The van der Waals surface area contributed by atoms with Crippen LogP contribution in [0.4, 0.5) is 8.78 Å². The van der Waals surface area contributed by atoms with E-state index < -0.39 is 11.6 Å². The van der Waals surface area contributed by atoms with Gasteiger partial charge in [-0.1, -0.05) is 35.8 Å². The van der Waals surface area contributed by atoms with Crippen molar-refractivity contribution in [3.63, 3.8) is 0 Å². The van der Waals surface area contributed by atoms with Gasteiger partial charge in [0.25, 0.3) is 0 Å². The van der Waals surface area contributed by atoms with E-state index in [1.165, 1.54) is 6.07 Å². The molecule has 0 saturated carbocycles. The second-order valence-corrected chi connectivity index (χ2v) is 5.79. The summed E-state index contributed by atoms with van der Waals surface area (Å²) in [6.45, 7) is 4.36. The van der Waals surface area contributed by atoms with Crippen molar-refractivity contribution >= 4 is 15.9 Å². The summed E-state index contributed by atoms with van der Waals surface area (Å²) >= 11 is 3.43. The van der Waals surface area contributed by atoms with Crippen LogP contribution >= 0.6 is 15.9 Å². The maximum atomic E-state index is 13.1. The average molecular weight is 341 g/mol. The lowest BCUT2D eigenvalue weighted by molar-refractivity contribution is 0.300. The van der Waals surface area contributed by atoms with Gasteiger partial charge in [0, 0.05) is 4.47 Å². The largest absolute Gasteiger partial charge is 0.489 e. The summed E-state index contributed by atoms with van der Waals surface area (Å²) in [6.07, 6.45) is 0. The van der Waals surface area contributed by atoms with E-state index in [9.17, 15) is 8.78 Å². The molecular formula is C16H15BrF2O. The Hall–Kier alpha value is -1.42. The van der Waals surface area contributed by atoms with Gasteiger partial charge in [0.1, 0.15) is 12.4 Å². The molecule has 0 atom stereocenters. The second-order valence-electron chi connectivity index (χ2n) is 4.87. The Morgan fingerprint density at radius 2 is 1.80 bits per heavy atom. The first kappa shape index (κ1) is 15.0. The molecule has 0 fully saturated rings. The molecule has 0 aliphatic rings. The minimum absolute atomic E-state index is 0.207. The quantitative estimate of drug-likeness (QED) is 0.721. The maximum absolute atomic E-state index is 13.1. The first-order valence-electron chi connectivity index (χ1n) is 6.33. The molecule has 0 aliphatic carbocycles. The molecule has 0 aliphatic heterocycles. The Labute approximate surface area is 125 Å². The Kier molecular flexibility index (Phi) is 4.76. The zero-order valence-corrected chi connectivity index (χ0v) is 12.9. The molecule has 4 heteroatoms. The maximum Gasteiger partial charge on any atom is 0.159 e. The number of benzene rings is 2. The van der Waals surface area contributed by atoms with Crippen LogP contribution in [0.2, 0.25) is 0 Å². The zero-order valence-electron chi connectivity index (χ0n) is 11.3. The SMILES string of the molecule is CC(C)c1cc(Br)ccc1OCc1ccc(F)c(F)c1. The van der Waals surface area contributed by atoms with Crippen molar-refractivity contribution in [1.29, 1.82) is 0 Å². The Bertz CT molecular complexity index is 611. The van der Waals surface area contributed by atoms with Crippen molar-refractivity contribution in [2.45, 2.75) is 26.4 Å². The summed E-state index contributed by atoms with van der Waals surface area (Å²) in [7, 11) is 0. The van der Waals surface area contributed by atoms with Gasteiger partial charge >= 0.3 is 0 Å². The molecule has 2 aromatic rings. The Morgan fingerprint density at radius 1 is 1.05 bits per heavy atom. The molecule has 0 spiro atoms. The highest BCUT2D eigenvalue weighted by Gasteiger charge is 2.09. The van der Waals surface area contributed by atoms with Crippen molar-refractivity contribution in [2.75, 3.05) is 0 Å². The molecule has 106 valence electrons. The molecule has 0 N–H and O–H groups in total. The fourth-order valence-corrected chi connectivity index (χ4v) is 2.27. The molecule has 0 bridgehead atoms. The molecule has 0 amide bonds. The van der Waals surface area contributed by atoms with E-state index in [-0.39, 0.29) is 6.61 Å². The van der Waals surface area contributed by atoms with Crippen molar-refractivity contribution < 1.29 is 13.5 Å². The third kappa shape index (κ3) is 3.57. The van der Waals surface area contributed by atoms with Crippen LogP contribution in [-0.2, 0) is 6.61 Å². The monoisotopic (exact) mass is 340 g/mol. The van der Waals surface area contributed by atoms with E-state index in [1.54, 1.807) is 0 Å². The molecule has 0 aromatic heterocycles. The Morgan fingerprint density at radius 3 is 2.45 bits per heavy atom. The molecule has 1 nitrogen and oxygen atoms in total. The predicted molar refractivity (Wildman–Crippen MR) is 78.9 cm³/mol. The van der Waals surface area contributed by atoms with Crippen LogP contribution in [-0.4, -0.2) is 0 Å². The summed E-state index contributed by atoms with van der Waals surface area (Å²) in [5, 5.41) is 0. The van der Waals surface area contributed by atoms with Crippen molar-refractivity contribution in [2.24, 2.45) is 0 Å². The van der Waals surface area contributed by atoms with Gasteiger partial charge in [0.15, 0.2) is 11.6 Å². The fraction of sp³-hybridized carbons (Fsp3) is 0.250. The lowest BCUT2D eigenvalue weighted by Crippen LogP contribution is -2.01. The lowest BCUT2D eigenvalue weighted by Gasteiger charge is -2.14. The van der Waals surface area contributed by atoms with E-state index in [2.05, 4.69) is 29.8 Å². The molecule has 0 unspecified atom stereocenters. The van der Waals surface area contributed by atoms with Gasteiger partial charge in [-0.05, 0) is 47.4 Å². The van der Waals surface area contributed by atoms with Crippen LogP contribution in [0, 0.1) is 11.6 Å². The lowest BCUT2D eigenvalue weighted by atomic mass is 10.0. The molecule has 20 heavy (non-hydrogen) atoms. The van der Waals surface area contributed by atoms with Gasteiger partial charge in [-0.25, -0.2) is 8.78 Å². The number of ether oxygens (including phenoxy) is 1. The topological polar surface area (TPSA) is 9.23 Å². The van der Waals surface area contributed by atoms with Crippen molar-refractivity contribution in [3.05, 3.63) is 63.6 Å². The van der Waals surface area contributed by atoms with Gasteiger partial charge in [0.05, 0.1) is 0 Å². The van der Waals surface area contributed by atoms with Gasteiger partial charge in [-0.2, -0.15) is 0 Å². The molecule has 2 aromatic carbocycles. The van der Waals surface area contributed by atoms with Gasteiger partial charge < -0.3 is 4.74 Å². The smallest absolute Gasteiger partial charge is 0.159 e. The summed E-state index contributed by atoms with van der Waals surface area (Å²) in [5.41, 5.74) is 1.67. The van der Waals surface area contributed by atoms with Crippen molar-refractivity contribution in [3.8, 4) is 5.75 Å². The standard InChI is InChI=1S/C16H15BrF2O/c1-10(2)13-8-12(17)4-6-16(13)20-9-11-3-5-14(18)15(19)7-11/h3-8,10H,9H2,1-2H3. The van der Waals surface area contributed by atoms with Crippen LogP contribution in [0.1, 0.15) is 30.9 Å². The van der Waals surface area contributed by atoms with Gasteiger partial charge in [-0.15, -0.1) is 0 Å². The van der Waals surface area contributed by atoms with Crippen LogP contribution in [0.3, 0.4) is 0 Å². The zero-order chi connectivity index (χ0) is 14.7. The molecule has 2 rings (SSSR count). The van der Waals surface area contributed by atoms with E-state index >= 15 is 0 Å². The van der Waals surface area contributed by atoms with Crippen LogP contribution < -0.4 is 4.74 Å². The molecule has 0 heterocycles. The minimum atomic E-state index is -0.856. The van der Waals surface area contributed by atoms with Crippen LogP contribution in [0.15, 0.2) is 40.9 Å². The third-order valence-electron chi connectivity index (χ3n) is 2.97. The Balaban J connectivity index is 2.16.